The lowest BCUT2D eigenvalue weighted by atomic mass is 9.92. The molecule has 0 rings (SSSR count). The van der Waals surface area contributed by atoms with Gasteiger partial charge >= 0.3 is 15.6 Å². The lowest BCUT2D eigenvalue weighted by Crippen LogP contribution is -1.99. The highest BCUT2D eigenvalue weighted by atomic mass is 31.3. The largest absolute Gasteiger partial charge is 0.481 e. The minimum absolute atomic E-state index is 0.0516. The first kappa shape index (κ1) is 30.3. The molecule has 0 aliphatic heterocycles. The molecule has 2 atom stereocenters. The zero-order valence-corrected chi connectivity index (χ0v) is 21.0. The number of hydrogen-bond acceptors (Lipinski definition) is 4. The third-order valence-electron chi connectivity index (χ3n) is 5.51. The SMILES string of the molecule is CCCCCCCCCCCC(CC)CCCCCCCOP(=O)(O)OP(=O)(O)O. The molecular formula is C21H46O7P2. The average molecular weight is 473 g/mol. The van der Waals surface area contributed by atoms with Crippen LogP contribution in [0, 0.1) is 5.92 Å². The van der Waals surface area contributed by atoms with Crippen molar-refractivity contribution < 1.29 is 32.6 Å². The van der Waals surface area contributed by atoms with Crippen molar-refractivity contribution in [2.75, 3.05) is 6.61 Å². The van der Waals surface area contributed by atoms with Gasteiger partial charge in [0.15, 0.2) is 0 Å². The highest BCUT2D eigenvalue weighted by Crippen LogP contribution is 2.57. The Morgan fingerprint density at radius 1 is 0.667 bits per heavy atom. The second-order valence-corrected chi connectivity index (χ2v) is 11.2. The van der Waals surface area contributed by atoms with Crippen molar-refractivity contribution in [3.63, 3.8) is 0 Å². The second-order valence-electron chi connectivity index (χ2n) is 8.32. The van der Waals surface area contributed by atoms with Gasteiger partial charge in [0.2, 0.25) is 0 Å². The minimum atomic E-state index is -5.03. The van der Waals surface area contributed by atoms with Crippen molar-refractivity contribution in [3.05, 3.63) is 0 Å². The van der Waals surface area contributed by atoms with Gasteiger partial charge in [0.1, 0.15) is 0 Å². The van der Waals surface area contributed by atoms with Crippen molar-refractivity contribution in [1.82, 2.24) is 0 Å². The van der Waals surface area contributed by atoms with Crippen molar-refractivity contribution in [2.24, 2.45) is 5.92 Å². The van der Waals surface area contributed by atoms with Gasteiger partial charge in [-0.05, 0) is 12.3 Å². The summed E-state index contributed by atoms with van der Waals surface area (Å²) in [5, 5.41) is 0. The van der Waals surface area contributed by atoms with Crippen LogP contribution in [0.25, 0.3) is 0 Å². The molecule has 0 radical (unpaired) electrons. The molecule has 0 saturated carbocycles. The molecule has 0 aromatic carbocycles. The predicted molar refractivity (Wildman–Crippen MR) is 122 cm³/mol. The Hall–Kier alpha value is 0.260. The van der Waals surface area contributed by atoms with E-state index >= 15 is 0 Å². The summed E-state index contributed by atoms with van der Waals surface area (Å²) < 4.78 is 30.1. The van der Waals surface area contributed by atoms with E-state index < -0.39 is 15.6 Å². The Morgan fingerprint density at radius 3 is 1.53 bits per heavy atom. The Balaban J connectivity index is 3.54. The molecule has 2 unspecified atom stereocenters. The molecule has 0 bridgehead atoms. The molecule has 0 fully saturated rings. The monoisotopic (exact) mass is 472 g/mol. The van der Waals surface area contributed by atoms with Crippen molar-refractivity contribution in [3.8, 4) is 0 Å². The number of phosphoric acid groups is 2. The maximum atomic E-state index is 11.3. The van der Waals surface area contributed by atoms with Crippen LogP contribution in [-0.4, -0.2) is 21.3 Å². The lowest BCUT2D eigenvalue weighted by molar-refractivity contribution is 0.175. The highest BCUT2D eigenvalue weighted by molar-refractivity contribution is 7.60. The van der Waals surface area contributed by atoms with Crippen LogP contribution in [0.4, 0.5) is 0 Å². The standard InChI is InChI=1S/C21H46O7P2/c1-3-5-6-7-8-9-10-12-15-18-21(4-2)19-16-13-11-14-17-20-27-30(25,26)28-29(22,23)24/h21H,3-20H2,1-2H3,(H,25,26)(H2,22,23,24). The van der Waals surface area contributed by atoms with Gasteiger partial charge in [0.25, 0.3) is 0 Å². The summed E-state index contributed by atoms with van der Waals surface area (Å²) in [5.41, 5.74) is 0. The van der Waals surface area contributed by atoms with Crippen molar-refractivity contribution in [2.45, 2.75) is 123 Å². The summed E-state index contributed by atoms with van der Waals surface area (Å²) in [4.78, 5) is 26.2. The molecule has 0 aliphatic carbocycles. The third-order valence-corrected chi connectivity index (χ3v) is 7.70. The van der Waals surface area contributed by atoms with Crippen LogP contribution in [-0.2, 0) is 18.0 Å². The van der Waals surface area contributed by atoms with E-state index in [1.54, 1.807) is 0 Å². The second kappa shape index (κ2) is 18.8. The fraction of sp³-hybridized carbons (Fsp3) is 1.00. The Labute approximate surface area is 184 Å². The first-order valence-electron chi connectivity index (χ1n) is 11.9. The summed E-state index contributed by atoms with van der Waals surface area (Å²) in [6, 6.07) is 0. The van der Waals surface area contributed by atoms with E-state index in [-0.39, 0.29) is 6.61 Å². The van der Waals surface area contributed by atoms with Crippen LogP contribution < -0.4 is 0 Å². The van der Waals surface area contributed by atoms with Crippen LogP contribution in [0.2, 0.25) is 0 Å². The van der Waals surface area contributed by atoms with Crippen LogP contribution in [0.5, 0.6) is 0 Å². The van der Waals surface area contributed by atoms with E-state index in [2.05, 4.69) is 22.7 Å². The molecule has 9 heteroatoms. The fourth-order valence-corrected chi connectivity index (χ4v) is 5.32. The fourth-order valence-electron chi connectivity index (χ4n) is 3.70. The van der Waals surface area contributed by atoms with Crippen molar-refractivity contribution in [1.29, 1.82) is 0 Å². The molecule has 0 aliphatic rings. The normalized spacial score (nSPS) is 15.2. The first-order chi connectivity index (χ1) is 14.2. The van der Waals surface area contributed by atoms with E-state index in [1.807, 2.05) is 0 Å². The zero-order valence-electron chi connectivity index (χ0n) is 19.2. The van der Waals surface area contributed by atoms with Crippen LogP contribution in [0.15, 0.2) is 0 Å². The predicted octanol–water partition coefficient (Wildman–Crippen LogP) is 7.50. The summed E-state index contributed by atoms with van der Waals surface area (Å²) in [5.74, 6) is 0.822. The van der Waals surface area contributed by atoms with Gasteiger partial charge in [0.05, 0.1) is 6.61 Å². The average Bonchev–Trinajstić information content (AvgIpc) is 2.65. The van der Waals surface area contributed by atoms with Gasteiger partial charge in [0, 0.05) is 0 Å². The molecule has 0 aromatic heterocycles. The highest BCUT2D eigenvalue weighted by Gasteiger charge is 2.31. The van der Waals surface area contributed by atoms with E-state index in [1.165, 1.54) is 83.5 Å². The number of unbranched alkanes of at least 4 members (excludes halogenated alkanes) is 12. The minimum Gasteiger partial charge on any atom is -0.302 e. The molecule has 30 heavy (non-hydrogen) atoms. The van der Waals surface area contributed by atoms with Crippen LogP contribution in [0.3, 0.4) is 0 Å². The Bertz CT molecular complexity index is 482. The first-order valence-corrected chi connectivity index (χ1v) is 15.0. The molecule has 7 nitrogen and oxygen atoms in total. The topological polar surface area (TPSA) is 113 Å². The lowest BCUT2D eigenvalue weighted by Gasteiger charge is -2.14. The molecule has 0 amide bonds. The number of phosphoric ester groups is 1. The van der Waals surface area contributed by atoms with E-state index in [0.29, 0.717) is 6.42 Å². The van der Waals surface area contributed by atoms with E-state index in [4.69, 9.17) is 14.7 Å². The number of rotatable bonds is 22. The zero-order chi connectivity index (χ0) is 22.7. The van der Waals surface area contributed by atoms with E-state index in [9.17, 15) is 9.13 Å². The van der Waals surface area contributed by atoms with Crippen LogP contribution in [0.1, 0.15) is 123 Å². The Kier molecular flexibility index (Phi) is 19.0. The maximum Gasteiger partial charge on any atom is 0.481 e. The summed E-state index contributed by atoms with van der Waals surface area (Å²) in [6.07, 6.45) is 21.0. The summed E-state index contributed by atoms with van der Waals surface area (Å²) >= 11 is 0. The Morgan fingerprint density at radius 2 is 1.10 bits per heavy atom. The van der Waals surface area contributed by atoms with Gasteiger partial charge in [-0.25, -0.2) is 9.13 Å². The maximum absolute atomic E-state index is 11.3. The molecule has 182 valence electrons. The molecule has 0 saturated heterocycles. The van der Waals surface area contributed by atoms with Gasteiger partial charge in [-0.1, -0.05) is 117 Å². The summed E-state index contributed by atoms with van der Waals surface area (Å²) in [7, 11) is -9.71. The molecule has 0 heterocycles. The van der Waals surface area contributed by atoms with Gasteiger partial charge in [-0.2, -0.15) is 4.31 Å². The molecule has 0 aromatic rings. The third kappa shape index (κ3) is 21.5. The van der Waals surface area contributed by atoms with Gasteiger partial charge < -0.3 is 14.7 Å². The van der Waals surface area contributed by atoms with E-state index in [0.717, 1.165) is 25.2 Å². The smallest absolute Gasteiger partial charge is 0.302 e. The van der Waals surface area contributed by atoms with Gasteiger partial charge in [-0.3, -0.25) is 4.52 Å². The summed E-state index contributed by atoms with van der Waals surface area (Å²) in [6.45, 7) is 4.49. The number of hydrogen-bond donors (Lipinski definition) is 3. The molecule has 0 spiro atoms. The molecular weight excluding hydrogens is 426 g/mol. The molecule has 3 N–H and O–H groups in total. The van der Waals surface area contributed by atoms with Crippen molar-refractivity contribution >= 4 is 15.6 Å². The van der Waals surface area contributed by atoms with Gasteiger partial charge in [-0.15, -0.1) is 0 Å². The quantitative estimate of drug-likeness (QED) is 0.110. The van der Waals surface area contributed by atoms with Crippen LogP contribution >= 0.6 is 15.6 Å².